The number of amides is 1. The molecule has 0 fully saturated rings. The third-order valence-corrected chi connectivity index (χ3v) is 8.09. The van der Waals surface area contributed by atoms with Crippen LogP contribution in [0.25, 0.3) is 0 Å². The highest BCUT2D eigenvalue weighted by Gasteiger charge is 2.16. The van der Waals surface area contributed by atoms with E-state index in [-0.39, 0.29) is 22.9 Å². The van der Waals surface area contributed by atoms with Gasteiger partial charge in [0.15, 0.2) is 0 Å². The van der Waals surface area contributed by atoms with Crippen LogP contribution < -0.4 is 9.64 Å². The van der Waals surface area contributed by atoms with Crippen molar-refractivity contribution in [2.75, 3.05) is 17.4 Å². The van der Waals surface area contributed by atoms with Crippen molar-refractivity contribution in [1.82, 2.24) is 4.90 Å². The quantitative estimate of drug-likeness (QED) is 0.156. The fourth-order valence-corrected chi connectivity index (χ4v) is 5.59. The van der Waals surface area contributed by atoms with E-state index in [4.69, 9.17) is 4.74 Å². The third-order valence-electron chi connectivity index (χ3n) is 7.07. The maximum Gasteiger partial charge on any atom is 0.227 e. The van der Waals surface area contributed by atoms with Gasteiger partial charge in [-0.25, -0.2) is 0 Å². The Balaban J connectivity index is 0.00000533. The van der Waals surface area contributed by atoms with Crippen LogP contribution in [0.5, 0.6) is 5.75 Å². The number of unbranched alkanes of at least 4 members (excludes halogenated alkanes) is 9. The lowest BCUT2D eigenvalue weighted by atomic mass is 10.1. The molecule has 216 valence electrons. The Morgan fingerprint density at radius 2 is 1.56 bits per heavy atom. The van der Waals surface area contributed by atoms with E-state index in [0.29, 0.717) is 13.0 Å². The summed E-state index contributed by atoms with van der Waals surface area (Å²) < 4.78 is 6.06. The highest BCUT2D eigenvalue weighted by Crippen LogP contribution is 2.27. The van der Waals surface area contributed by atoms with Crippen molar-refractivity contribution in [3.63, 3.8) is 0 Å². The number of nitrogens with zero attached hydrogens (tertiary/aromatic N) is 2. The SMILES string of the molecule is Br.CCCCCCCCCCCCOc1cccc(CN(C(=O)CC)c2ccc(CN3C=C(C)SC3)cc2)c1. The van der Waals surface area contributed by atoms with Gasteiger partial charge >= 0.3 is 0 Å². The minimum absolute atomic E-state index is 0. The number of ether oxygens (including phenoxy) is 1. The standard InChI is InChI=1S/C33H48N2O2S.BrH/c1-4-6-7-8-9-10-11-12-13-14-22-37-32-17-15-16-30(23-32)26-35(33(36)5-2)31-20-18-29(19-21-31)25-34-24-28(3)38-27-34;/h15-21,23-24H,4-14,22,25-27H2,1-3H3;1H. The van der Waals surface area contributed by atoms with Gasteiger partial charge in [-0.1, -0.05) is 95.9 Å². The molecule has 0 saturated carbocycles. The molecule has 4 nitrogen and oxygen atoms in total. The molecule has 1 aliphatic heterocycles. The fourth-order valence-electron chi connectivity index (χ4n) is 4.83. The molecule has 2 aromatic rings. The summed E-state index contributed by atoms with van der Waals surface area (Å²) in [5, 5.41) is 0. The second-order valence-corrected chi connectivity index (χ2v) is 11.6. The molecule has 0 saturated heterocycles. The molecule has 0 radical (unpaired) electrons. The van der Waals surface area contributed by atoms with Crippen molar-refractivity contribution >= 4 is 40.3 Å². The Bertz CT molecular complexity index is 995. The van der Waals surface area contributed by atoms with Gasteiger partial charge in [-0.05, 0) is 53.6 Å². The first-order valence-electron chi connectivity index (χ1n) is 14.8. The first-order valence-corrected chi connectivity index (χ1v) is 15.7. The third kappa shape index (κ3) is 12.4. The van der Waals surface area contributed by atoms with Crippen molar-refractivity contribution in [3.8, 4) is 5.75 Å². The number of carbonyl (C=O) groups excluding carboxylic acids is 1. The molecular weight excluding hydrogens is 568 g/mol. The first kappa shape index (κ1) is 33.3. The molecule has 39 heavy (non-hydrogen) atoms. The number of hydrogen-bond acceptors (Lipinski definition) is 4. The van der Waals surface area contributed by atoms with E-state index in [0.717, 1.165) is 42.4 Å². The van der Waals surface area contributed by atoms with Gasteiger partial charge in [0.1, 0.15) is 5.75 Å². The summed E-state index contributed by atoms with van der Waals surface area (Å²) in [4.78, 5) is 18.4. The molecule has 0 spiro atoms. The molecule has 0 aliphatic carbocycles. The molecule has 1 amide bonds. The number of hydrogen-bond donors (Lipinski definition) is 0. The Morgan fingerprint density at radius 3 is 2.18 bits per heavy atom. The number of rotatable bonds is 18. The Morgan fingerprint density at radius 1 is 0.897 bits per heavy atom. The number of thioether (sulfide) groups is 1. The van der Waals surface area contributed by atoms with Crippen molar-refractivity contribution in [2.24, 2.45) is 0 Å². The second-order valence-electron chi connectivity index (χ2n) is 10.4. The summed E-state index contributed by atoms with van der Waals surface area (Å²) in [5.41, 5.74) is 3.29. The van der Waals surface area contributed by atoms with E-state index in [2.05, 4.69) is 61.3 Å². The maximum atomic E-state index is 12.9. The monoisotopic (exact) mass is 616 g/mol. The molecular formula is C33H49BrN2O2S. The van der Waals surface area contributed by atoms with E-state index >= 15 is 0 Å². The van der Waals surface area contributed by atoms with E-state index in [9.17, 15) is 4.79 Å². The van der Waals surface area contributed by atoms with Gasteiger partial charge in [0.2, 0.25) is 5.91 Å². The molecule has 0 N–H and O–H groups in total. The van der Waals surface area contributed by atoms with Crippen LogP contribution >= 0.6 is 28.7 Å². The molecule has 0 bridgehead atoms. The van der Waals surface area contributed by atoms with Gasteiger partial charge in [0.05, 0.1) is 19.0 Å². The number of allylic oxidation sites excluding steroid dienone is 1. The van der Waals surface area contributed by atoms with Gasteiger partial charge in [-0.15, -0.1) is 28.7 Å². The van der Waals surface area contributed by atoms with Crippen LogP contribution in [-0.2, 0) is 17.9 Å². The van der Waals surface area contributed by atoms with Gasteiger partial charge in [-0.3, -0.25) is 4.79 Å². The van der Waals surface area contributed by atoms with Crippen molar-refractivity contribution in [2.45, 2.75) is 104 Å². The zero-order chi connectivity index (χ0) is 27.0. The van der Waals surface area contributed by atoms with E-state index in [1.807, 2.05) is 35.7 Å². The van der Waals surface area contributed by atoms with Gasteiger partial charge in [-0.2, -0.15) is 0 Å². The molecule has 0 aromatic heterocycles. The van der Waals surface area contributed by atoms with Gasteiger partial charge < -0.3 is 14.5 Å². The largest absolute Gasteiger partial charge is 0.494 e. The second kappa shape index (κ2) is 19.2. The molecule has 3 rings (SSSR count). The lowest BCUT2D eigenvalue weighted by molar-refractivity contribution is -0.118. The summed E-state index contributed by atoms with van der Waals surface area (Å²) in [6.45, 7) is 8.55. The molecule has 6 heteroatoms. The number of benzene rings is 2. The Hall–Kier alpha value is -1.92. The smallest absolute Gasteiger partial charge is 0.227 e. The average Bonchev–Trinajstić information content (AvgIpc) is 3.35. The zero-order valence-electron chi connectivity index (χ0n) is 24.3. The highest BCUT2D eigenvalue weighted by atomic mass is 79.9. The van der Waals surface area contributed by atoms with Gasteiger partial charge in [0.25, 0.3) is 0 Å². The summed E-state index contributed by atoms with van der Waals surface area (Å²) in [6, 6.07) is 16.7. The predicted octanol–water partition coefficient (Wildman–Crippen LogP) is 9.87. The van der Waals surface area contributed by atoms with Crippen LogP contribution in [0, 0.1) is 0 Å². The van der Waals surface area contributed by atoms with Crippen LogP contribution in [0.1, 0.15) is 103 Å². The van der Waals surface area contributed by atoms with E-state index in [1.165, 1.54) is 68.3 Å². The highest BCUT2D eigenvalue weighted by molar-refractivity contribution is 8.93. The number of anilines is 1. The first-order chi connectivity index (χ1) is 18.6. The minimum atomic E-state index is 0. The average molecular weight is 618 g/mol. The molecule has 0 unspecified atom stereocenters. The zero-order valence-corrected chi connectivity index (χ0v) is 26.9. The van der Waals surface area contributed by atoms with Crippen LogP contribution in [0.3, 0.4) is 0 Å². The lowest BCUT2D eigenvalue weighted by Crippen LogP contribution is -2.29. The van der Waals surface area contributed by atoms with Crippen LogP contribution in [0.15, 0.2) is 59.6 Å². The normalized spacial score (nSPS) is 12.7. The summed E-state index contributed by atoms with van der Waals surface area (Å²) in [7, 11) is 0. The molecule has 1 heterocycles. The van der Waals surface area contributed by atoms with Crippen molar-refractivity contribution in [3.05, 3.63) is 70.8 Å². The lowest BCUT2D eigenvalue weighted by Gasteiger charge is -2.23. The van der Waals surface area contributed by atoms with Gasteiger partial charge in [0, 0.05) is 24.9 Å². The number of carbonyl (C=O) groups is 1. The topological polar surface area (TPSA) is 32.8 Å². The van der Waals surface area contributed by atoms with E-state index in [1.54, 1.807) is 0 Å². The van der Waals surface area contributed by atoms with Crippen LogP contribution in [0.2, 0.25) is 0 Å². The van der Waals surface area contributed by atoms with Crippen molar-refractivity contribution in [1.29, 1.82) is 0 Å². The molecule has 2 aromatic carbocycles. The Labute approximate surface area is 252 Å². The minimum Gasteiger partial charge on any atom is -0.494 e. The Kier molecular flexibility index (Phi) is 16.4. The molecule has 0 atom stereocenters. The predicted molar refractivity (Wildman–Crippen MR) is 174 cm³/mol. The summed E-state index contributed by atoms with van der Waals surface area (Å²) >= 11 is 1.88. The van der Waals surface area contributed by atoms with Crippen molar-refractivity contribution < 1.29 is 9.53 Å². The van der Waals surface area contributed by atoms with E-state index < -0.39 is 0 Å². The number of halogens is 1. The van der Waals surface area contributed by atoms with Crippen LogP contribution in [-0.4, -0.2) is 23.3 Å². The maximum absolute atomic E-state index is 12.9. The fraction of sp³-hybridized carbons (Fsp3) is 0.545. The summed E-state index contributed by atoms with van der Waals surface area (Å²) in [5.74, 6) is 2.03. The van der Waals surface area contributed by atoms with Crippen LogP contribution in [0.4, 0.5) is 5.69 Å². The molecule has 1 aliphatic rings. The summed E-state index contributed by atoms with van der Waals surface area (Å²) in [6.07, 6.45) is 15.9.